The molecule has 1 aliphatic carbocycles. The molecule has 0 bridgehead atoms. The van der Waals surface area contributed by atoms with Crippen molar-refractivity contribution in [3.05, 3.63) is 22.7 Å². The van der Waals surface area contributed by atoms with Crippen molar-refractivity contribution in [2.75, 3.05) is 31.6 Å². The first-order valence-corrected chi connectivity index (χ1v) is 8.35. The lowest BCUT2D eigenvalue weighted by atomic mass is 9.80. The van der Waals surface area contributed by atoms with Crippen molar-refractivity contribution < 1.29 is 4.74 Å². The van der Waals surface area contributed by atoms with Crippen LogP contribution in [0.3, 0.4) is 0 Å². The Balaban J connectivity index is 1.79. The summed E-state index contributed by atoms with van der Waals surface area (Å²) in [6.07, 6.45) is 6.76. The highest BCUT2D eigenvalue weighted by Gasteiger charge is 2.36. The van der Waals surface area contributed by atoms with E-state index < -0.39 is 0 Å². The molecule has 0 atom stereocenters. The van der Waals surface area contributed by atoms with Gasteiger partial charge in [-0.25, -0.2) is 0 Å². The highest BCUT2D eigenvalue weighted by atomic mass is 79.9. The molecule has 0 unspecified atom stereocenters. The Bertz CT molecular complexity index is 466. The van der Waals surface area contributed by atoms with Crippen LogP contribution in [0.2, 0.25) is 0 Å². The lowest BCUT2D eigenvalue weighted by molar-refractivity contribution is 0.216. The van der Waals surface area contributed by atoms with Crippen LogP contribution in [-0.2, 0) is 0 Å². The minimum Gasteiger partial charge on any atom is -0.495 e. The molecule has 4 heteroatoms. The Morgan fingerprint density at radius 1 is 1.25 bits per heavy atom. The molecule has 0 aromatic heterocycles. The average Bonchev–Trinajstić information content (AvgIpc) is 2.48. The lowest BCUT2D eigenvalue weighted by Gasteiger charge is -2.47. The highest BCUT2D eigenvalue weighted by molar-refractivity contribution is 9.10. The van der Waals surface area contributed by atoms with E-state index >= 15 is 0 Å². The molecular weight excluding hydrogens is 316 g/mol. The fourth-order valence-electron chi connectivity index (χ4n) is 3.59. The van der Waals surface area contributed by atoms with E-state index in [0.29, 0.717) is 5.54 Å². The second kappa shape index (κ2) is 5.94. The van der Waals surface area contributed by atoms with Crippen LogP contribution in [0, 0.1) is 0 Å². The predicted octanol–water partition coefficient (Wildman–Crippen LogP) is 3.57. The molecule has 0 amide bonds. The smallest absolute Gasteiger partial charge is 0.135 e. The molecule has 1 saturated heterocycles. The molecule has 3 nitrogen and oxygen atoms in total. The van der Waals surface area contributed by atoms with E-state index in [1.54, 1.807) is 7.11 Å². The number of methoxy groups -OCH3 is 1. The van der Waals surface area contributed by atoms with E-state index in [1.807, 2.05) is 0 Å². The summed E-state index contributed by atoms with van der Waals surface area (Å²) in [5.41, 5.74) is 1.62. The second-order valence-electron chi connectivity index (χ2n) is 6.01. The molecule has 1 N–H and O–H groups in total. The standard InChI is InChI=1S/C16H23BrN2O/c1-20-15-11-13(5-6-14(15)17)19-10-9-18-16(12-19)7-3-2-4-8-16/h5-6,11,18H,2-4,7-10,12H2,1H3. The number of hydrogen-bond donors (Lipinski definition) is 1. The first-order valence-electron chi connectivity index (χ1n) is 7.56. The molecule has 3 rings (SSSR count). The van der Waals surface area contributed by atoms with Crippen molar-refractivity contribution in [2.45, 2.75) is 37.6 Å². The van der Waals surface area contributed by atoms with Gasteiger partial charge >= 0.3 is 0 Å². The van der Waals surface area contributed by atoms with Crippen LogP contribution in [0.4, 0.5) is 5.69 Å². The van der Waals surface area contributed by atoms with Crippen LogP contribution in [0.1, 0.15) is 32.1 Å². The minimum absolute atomic E-state index is 0.344. The molecule has 20 heavy (non-hydrogen) atoms. The van der Waals surface area contributed by atoms with Crippen LogP contribution < -0.4 is 15.0 Å². The summed E-state index contributed by atoms with van der Waals surface area (Å²) in [6.45, 7) is 3.28. The maximum atomic E-state index is 5.42. The van der Waals surface area contributed by atoms with E-state index in [0.717, 1.165) is 29.9 Å². The van der Waals surface area contributed by atoms with Crippen LogP contribution in [-0.4, -0.2) is 32.3 Å². The monoisotopic (exact) mass is 338 g/mol. The molecule has 1 aromatic rings. The zero-order valence-electron chi connectivity index (χ0n) is 12.1. The average molecular weight is 339 g/mol. The Kier molecular flexibility index (Phi) is 4.22. The molecular formula is C16H23BrN2O. The van der Waals surface area contributed by atoms with Gasteiger partial charge in [0.1, 0.15) is 5.75 Å². The van der Waals surface area contributed by atoms with Gasteiger partial charge in [-0.05, 0) is 40.9 Å². The first kappa shape index (κ1) is 14.2. The third-order valence-corrected chi connectivity index (χ3v) is 5.34. The number of nitrogens with zero attached hydrogens (tertiary/aromatic N) is 1. The van der Waals surface area contributed by atoms with Gasteiger partial charge < -0.3 is 15.0 Å². The van der Waals surface area contributed by atoms with Gasteiger partial charge in [0.15, 0.2) is 0 Å². The van der Waals surface area contributed by atoms with Crippen molar-refractivity contribution in [3.8, 4) is 5.75 Å². The number of rotatable bonds is 2. The van der Waals surface area contributed by atoms with Gasteiger partial charge in [0.25, 0.3) is 0 Å². The Hall–Kier alpha value is -0.740. The summed E-state index contributed by atoms with van der Waals surface area (Å²) in [4.78, 5) is 2.51. The summed E-state index contributed by atoms with van der Waals surface area (Å²) in [5.74, 6) is 0.915. The molecule has 0 radical (unpaired) electrons. The number of nitrogens with one attached hydrogen (secondary N) is 1. The van der Waals surface area contributed by atoms with E-state index in [9.17, 15) is 0 Å². The maximum Gasteiger partial charge on any atom is 0.135 e. The number of halogens is 1. The third kappa shape index (κ3) is 2.82. The molecule has 1 aliphatic heterocycles. The van der Waals surface area contributed by atoms with Crippen LogP contribution in [0.25, 0.3) is 0 Å². The van der Waals surface area contributed by atoms with E-state index in [-0.39, 0.29) is 0 Å². The second-order valence-corrected chi connectivity index (χ2v) is 6.86. The van der Waals surface area contributed by atoms with E-state index in [1.165, 1.54) is 37.8 Å². The van der Waals surface area contributed by atoms with Crippen molar-refractivity contribution in [2.24, 2.45) is 0 Å². The van der Waals surface area contributed by atoms with Crippen molar-refractivity contribution in [1.29, 1.82) is 0 Å². The SMILES string of the molecule is COc1cc(N2CCNC3(CCCCC3)C2)ccc1Br. The van der Waals surface area contributed by atoms with Gasteiger partial charge in [-0.2, -0.15) is 0 Å². The summed E-state index contributed by atoms with van der Waals surface area (Å²) >= 11 is 3.53. The number of piperazine rings is 1. The van der Waals surface area contributed by atoms with Crippen LogP contribution in [0.5, 0.6) is 5.75 Å². The number of hydrogen-bond acceptors (Lipinski definition) is 3. The minimum atomic E-state index is 0.344. The zero-order valence-corrected chi connectivity index (χ0v) is 13.7. The zero-order chi connectivity index (χ0) is 14.0. The maximum absolute atomic E-state index is 5.42. The molecule has 1 aromatic carbocycles. The summed E-state index contributed by atoms with van der Waals surface area (Å²) in [7, 11) is 1.73. The summed E-state index contributed by atoms with van der Waals surface area (Å²) in [6, 6.07) is 6.42. The van der Waals surface area contributed by atoms with Gasteiger partial charge in [0.05, 0.1) is 11.6 Å². The number of anilines is 1. The predicted molar refractivity (Wildman–Crippen MR) is 86.7 cm³/mol. The third-order valence-electron chi connectivity index (χ3n) is 4.69. The summed E-state index contributed by atoms with van der Waals surface area (Å²) < 4.78 is 6.44. The molecule has 2 aliphatic rings. The molecule has 1 spiro atoms. The summed E-state index contributed by atoms with van der Waals surface area (Å²) in [5, 5.41) is 3.79. The fraction of sp³-hybridized carbons (Fsp3) is 0.625. The molecule has 1 heterocycles. The van der Waals surface area contributed by atoms with Gasteiger partial charge in [-0.15, -0.1) is 0 Å². The fourth-order valence-corrected chi connectivity index (χ4v) is 3.99. The quantitative estimate of drug-likeness (QED) is 0.892. The molecule has 1 saturated carbocycles. The Morgan fingerprint density at radius 2 is 2.05 bits per heavy atom. The van der Waals surface area contributed by atoms with Crippen molar-refractivity contribution >= 4 is 21.6 Å². The topological polar surface area (TPSA) is 24.5 Å². The number of benzene rings is 1. The van der Waals surface area contributed by atoms with Crippen molar-refractivity contribution in [1.82, 2.24) is 5.32 Å². The van der Waals surface area contributed by atoms with Crippen LogP contribution >= 0.6 is 15.9 Å². The van der Waals surface area contributed by atoms with E-state index in [4.69, 9.17) is 4.74 Å². The van der Waals surface area contributed by atoms with Gasteiger partial charge in [0, 0.05) is 36.9 Å². The number of ether oxygens (including phenoxy) is 1. The first-order chi connectivity index (χ1) is 9.72. The van der Waals surface area contributed by atoms with Gasteiger partial charge in [-0.1, -0.05) is 19.3 Å². The van der Waals surface area contributed by atoms with Gasteiger partial charge in [0.2, 0.25) is 0 Å². The van der Waals surface area contributed by atoms with E-state index in [2.05, 4.69) is 44.3 Å². The largest absolute Gasteiger partial charge is 0.495 e. The Morgan fingerprint density at radius 3 is 2.80 bits per heavy atom. The van der Waals surface area contributed by atoms with Crippen molar-refractivity contribution in [3.63, 3.8) is 0 Å². The molecule has 110 valence electrons. The normalized spacial score (nSPS) is 22.0. The molecule has 2 fully saturated rings. The van der Waals surface area contributed by atoms with Gasteiger partial charge in [-0.3, -0.25) is 0 Å². The Labute approximate surface area is 129 Å². The lowest BCUT2D eigenvalue weighted by Crippen LogP contribution is -2.61. The van der Waals surface area contributed by atoms with Crippen LogP contribution in [0.15, 0.2) is 22.7 Å². The highest BCUT2D eigenvalue weighted by Crippen LogP contribution is 2.34.